The zero-order chi connectivity index (χ0) is 12.7. The molecule has 1 aromatic heterocycles. The van der Waals surface area contributed by atoms with Gasteiger partial charge in [-0.05, 0) is 26.1 Å². The van der Waals surface area contributed by atoms with Crippen molar-refractivity contribution in [1.82, 2.24) is 20.1 Å². The van der Waals surface area contributed by atoms with Crippen molar-refractivity contribution in [1.29, 1.82) is 0 Å². The highest BCUT2D eigenvalue weighted by molar-refractivity contribution is 7.99. The molecule has 0 saturated carbocycles. The fraction of sp³-hybridized carbons (Fsp3) is 0.833. The molecule has 1 unspecified atom stereocenters. The van der Waals surface area contributed by atoms with Crippen LogP contribution in [0.1, 0.15) is 39.6 Å². The first-order chi connectivity index (χ1) is 8.19. The SMILES string of the molecule is CCNC(CSCC)Cc1ncnn1C(C)C. The summed E-state index contributed by atoms with van der Waals surface area (Å²) in [6, 6.07) is 0.875. The maximum atomic E-state index is 4.37. The molecule has 5 heteroatoms. The van der Waals surface area contributed by atoms with E-state index < -0.39 is 0 Å². The van der Waals surface area contributed by atoms with Gasteiger partial charge in [0.2, 0.25) is 0 Å². The third kappa shape index (κ3) is 4.68. The standard InChI is InChI=1S/C12H24N4S/c1-5-13-11(8-17-6-2)7-12-14-9-15-16(12)10(3)4/h9-11,13H,5-8H2,1-4H3. The first-order valence-electron chi connectivity index (χ1n) is 6.38. The fourth-order valence-corrected chi connectivity index (χ4v) is 2.57. The van der Waals surface area contributed by atoms with Crippen LogP contribution in [0, 0.1) is 0 Å². The minimum atomic E-state index is 0.383. The highest BCUT2D eigenvalue weighted by atomic mass is 32.2. The molecular weight excluding hydrogens is 232 g/mol. The van der Waals surface area contributed by atoms with E-state index in [2.05, 4.69) is 43.1 Å². The van der Waals surface area contributed by atoms with Crippen LogP contribution < -0.4 is 5.32 Å². The number of hydrogen-bond donors (Lipinski definition) is 1. The van der Waals surface area contributed by atoms with E-state index in [0.717, 1.165) is 24.5 Å². The topological polar surface area (TPSA) is 42.7 Å². The van der Waals surface area contributed by atoms with E-state index >= 15 is 0 Å². The van der Waals surface area contributed by atoms with Crippen molar-refractivity contribution in [3.8, 4) is 0 Å². The lowest BCUT2D eigenvalue weighted by Crippen LogP contribution is -2.34. The summed E-state index contributed by atoms with van der Waals surface area (Å²) in [6.45, 7) is 9.63. The average molecular weight is 256 g/mol. The minimum absolute atomic E-state index is 0.383. The molecule has 1 aromatic rings. The van der Waals surface area contributed by atoms with Crippen molar-refractivity contribution in [3.05, 3.63) is 12.2 Å². The second-order valence-corrected chi connectivity index (χ2v) is 5.65. The highest BCUT2D eigenvalue weighted by Gasteiger charge is 2.14. The van der Waals surface area contributed by atoms with Crippen molar-refractivity contribution < 1.29 is 0 Å². The summed E-state index contributed by atoms with van der Waals surface area (Å²) in [6.07, 6.45) is 2.62. The lowest BCUT2D eigenvalue weighted by atomic mass is 10.2. The molecule has 1 heterocycles. The maximum absolute atomic E-state index is 4.37. The van der Waals surface area contributed by atoms with Gasteiger partial charge in [0, 0.05) is 24.3 Å². The van der Waals surface area contributed by atoms with Crippen LogP contribution in [0.15, 0.2) is 6.33 Å². The molecule has 1 N–H and O–H groups in total. The molecule has 98 valence electrons. The number of likely N-dealkylation sites (N-methyl/N-ethyl adjacent to an activating group) is 1. The Balaban J connectivity index is 2.61. The van der Waals surface area contributed by atoms with E-state index in [1.54, 1.807) is 6.33 Å². The van der Waals surface area contributed by atoms with Crippen molar-refractivity contribution >= 4 is 11.8 Å². The summed E-state index contributed by atoms with van der Waals surface area (Å²) in [4.78, 5) is 4.37. The van der Waals surface area contributed by atoms with Crippen molar-refractivity contribution in [2.45, 2.75) is 46.2 Å². The van der Waals surface area contributed by atoms with Gasteiger partial charge in [0.05, 0.1) is 0 Å². The van der Waals surface area contributed by atoms with Crippen LogP contribution in [0.2, 0.25) is 0 Å². The normalized spacial score (nSPS) is 13.2. The number of nitrogens with one attached hydrogen (secondary N) is 1. The number of hydrogen-bond acceptors (Lipinski definition) is 4. The molecule has 0 aliphatic rings. The second-order valence-electron chi connectivity index (χ2n) is 4.33. The van der Waals surface area contributed by atoms with Gasteiger partial charge in [-0.25, -0.2) is 9.67 Å². The smallest absolute Gasteiger partial charge is 0.138 e. The van der Waals surface area contributed by atoms with Gasteiger partial charge < -0.3 is 5.32 Å². The zero-order valence-electron chi connectivity index (χ0n) is 11.3. The molecular formula is C12H24N4S. The Labute approximate surface area is 109 Å². The van der Waals surface area contributed by atoms with Crippen molar-refractivity contribution in [2.75, 3.05) is 18.1 Å². The largest absolute Gasteiger partial charge is 0.313 e. The van der Waals surface area contributed by atoms with E-state index in [4.69, 9.17) is 0 Å². The van der Waals surface area contributed by atoms with Gasteiger partial charge in [0.25, 0.3) is 0 Å². The predicted molar refractivity (Wildman–Crippen MR) is 74.6 cm³/mol. The summed E-state index contributed by atoms with van der Waals surface area (Å²) < 4.78 is 2.01. The van der Waals surface area contributed by atoms with Gasteiger partial charge in [-0.1, -0.05) is 13.8 Å². The summed E-state index contributed by atoms with van der Waals surface area (Å²) in [5.74, 6) is 3.39. The first-order valence-corrected chi connectivity index (χ1v) is 7.54. The summed E-state index contributed by atoms with van der Waals surface area (Å²) >= 11 is 1.97. The molecule has 0 spiro atoms. The van der Waals surface area contributed by atoms with Crippen LogP contribution in [0.4, 0.5) is 0 Å². The highest BCUT2D eigenvalue weighted by Crippen LogP contribution is 2.10. The molecule has 0 fully saturated rings. The molecule has 0 aromatic carbocycles. The quantitative estimate of drug-likeness (QED) is 0.774. The van der Waals surface area contributed by atoms with E-state index in [1.807, 2.05) is 16.4 Å². The third-order valence-corrected chi connectivity index (χ3v) is 3.63. The van der Waals surface area contributed by atoms with Crippen molar-refractivity contribution in [3.63, 3.8) is 0 Å². The van der Waals surface area contributed by atoms with Crippen LogP contribution in [0.25, 0.3) is 0 Å². The van der Waals surface area contributed by atoms with Gasteiger partial charge in [-0.15, -0.1) is 0 Å². The Morgan fingerprint density at radius 2 is 2.18 bits per heavy atom. The molecule has 4 nitrogen and oxygen atoms in total. The zero-order valence-corrected chi connectivity index (χ0v) is 12.1. The summed E-state index contributed by atoms with van der Waals surface area (Å²) in [7, 11) is 0. The molecule has 0 bridgehead atoms. The van der Waals surface area contributed by atoms with Gasteiger partial charge >= 0.3 is 0 Å². The number of aromatic nitrogens is 3. The maximum Gasteiger partial charge on any atom is 0.138 e. The van der Waals surface area contributed by atoms with Gasteiger partial charge in [-0.2, -0.15) is 16.9 Å². The number of thioether (sulfide) groups is 1. The minimum Gasteiger partial charge on any atom is -0.313 e. The predicted octanol–water partition coefficient (Wildman–Crippen LogP) is 2.13. The van der Waals surface area contributed by atoms with Crippen LogP contribution in [-0.2, 0) is 6.42 Å². The molecule has 0 aliphatic heterocycles. The summed E-state index contributed by atoms with van der Waals surface area (Å²) in [5.41, 5.74) is 0. The van der Waals surface area contributed by atoms with Gasteiger partial charge in [0.15, 0.2) is 0 Å². The average Bonchev–Trinajstić information content (AvgIpc) is 2.74. The van der Waals surface area contributed by atoms with Crippen LogP contribution in [0.3, 0.4) is 0 Å². The first kappa shape index (κ1) is 14.5. The van der Waals surface area contributed by atoms with E-state index in [9.17, 15) is 0 Å². The van der Waals surface area contributed by atoms with Crippen molar-refractivity contribution in [2.24, 2.45) is 0 Å². The van der Waals surface area contributed by atoms with E-state index in [1.165, 1.54) is 5.75 Å². The Morgan fingerprint density at radius 3 is 2.76 bits per heavy atom. The lowest BCUT2D eigenvalue weighted by Gasteiger charge is -2.18. The van der Waals surface area contributed by atoms with E-state index in [-0.39, 0.29) is 0 Å². The van der Waals surface area contributed by atoms with Crippen LogP contribution in [-0.4, -0.2) is 38.9 Å². The number of nitrogens with zero attached hydrogens (tertiary/aromatic N) is 3. The Morgan fingerprint density at radius 1 is 1.41 bits per heavy atom. The lowest BCUT2D eigenvalue weighted by molar-refractivity contribution is 0.477. The monoisotopic (exact) mass is 256 g/mol. The molecule has 0 amide bonds. The second kappa shape index (κ2) is 7.71. The van der Waals surface area contributed by atoms with E-state index in [0.29, 0.717) is 12.1 Å². The Hall–Kier alpha value is -0.550. The molecule has 0 aliphatic carbocycles. The van der Waals surface area contributed by atoms with Crippen LogP contribution in [0.5, 0.6) is 0 Å². The van der Waals surface area contributed by atoms with Gasteiger partial charge in [0.1, 0.15) is 12.2 Å². The molecule has 0 saturated heterocycles. The number of rotatable bonds is 8. The molecule has 1 rings (SSSR count). The Bertz CT molecular complexity index is 311. The molecule has 17 heavy (non-hydrogen) atoms. The van der Waals surface area contributed by atoms with Gasteiger partial charge in [-0.3, -0.25) is 0 Å². The fourth-order valence-electron chi connectivity index (χ4n) is 1.81. The Kier molecular flexibility index (Phi) is 6.58. The molecule has 0 radical (unpaired) electrons. The third-order valence-electron chi connectivity index (χ3n) is 2.58. The molecule has 1 atom stereocenters. The summed E-state index contributed by atoms with van der Waals surface area (Å²) in [5, 5.41) is 7.80. The van der Waals surface area contributed by atoms with Crippen LogP contribution >= 0.6 is 11.8 Å².